The fourth-order valence-corrected chi connectivity index (χ4v) is 2.66. The van der Waals surface area contributed by atoms with Crippen molar-refractivity contribution >= 4 is 44.6 Å². The molecule has 0 unspecified atom stereocenters. The third-order valence-electron chi connectivity index (χ3n) is 2.15. The van der Waals surface area contributed by atoms with Crippen LogP contribution in [-0.2, 0) is 6.54 Å². The normalized spacial score (nSPS) is 11.4. The first-order valence-corrected chi connectivity index (χ1v) is 7.21. The van der Waals surface area contributed by atoms with E-state index in [0.29, 0.717) is 15.5 Å². The number of rotatable bonds is 4. The molecular weight excluding hydrogens is 381 g/mol. The van der Waals surface area contributed by atoms with Crippen molar-refractivity contribution in [2.45, 2.75) is 12.9 Å². The number of ether oxygens (including phenoxy) is 1. The Morgan fingerprint density at radius 1 is 1.40 bits per heavy atom. The summed E-state index contributed by atoms with van der Waals surface area (Å²) < 4.78 is 41.8. The van der Waals surface area contributed by atoms with Crippen LogP contribution in [0.1, 0.15) is 4.88 Å². The predicted molar refractivity (Wildman–Crippen MR) is 75.3 cm³/mol. The summed E-state index contributed by atoms with van der Waals surface area (Å²) in [5.74, 6) is -0.303. The van der Waals surface area contributed by atoms with Gasteiger partial charge in [-0.1, -0.05) is 27.5 Å². The van der Waals surface area contributed by atoms with Crippen molar-refractivity contribution in [2.24, 2.45) is 0 Å². The summed E-state index contributed by atoms with van der Waals surface area (Å²) in [6.07, 6.45) is -3.19. The van der Waals surface area contributed by atoms with E-state index in [2.05, 4.69) is 31.0 Å². The third kappa shape index (κ3) is 4.53. The van der Waals surface area contributed by atoms with E-state index in [0.717, 1.165) is 4.88 Å². The Kier molecular flexibility index (Phi) is 4.77. The van der Waals surface area contributed by atoms with Crippen molar-refractivity contribution in [3.8, 4) is 5.75 Å². The molecule has 3 nitrogen and oxygen atoms in total. The number of thiazole rings is 1. The topological polar surface area (TPSA) is 34.1 Å². The molecule has 108 valence electrons. The van der Waals surface area contributed by atoms with Crippen LogP contribution in [0.4, 0.5) is 18.9 Å². The maximum atomic E-state index is 12.3. The Balaban J connectivity index is 2.14. The number of benzene rings is 1. The van der Waals surface area contributed by atoms with Crippen LogP contribution in [0.3, 0.4) is 0 Å². The molecule has 0 aliphatic carbocycles. The van der Waals surface area contributed by atoms with Crippen molar-refractivity contribution in [2.75, 3.05) is 5.32 Å². The van der Waals surface area contributed by atoms with Gasteiger partial charge in [0, 0.05) is 15.5 Å². The zero-order valence-corrected chi connectivity index (χ0v) is 12.8. The van der Waals surface area contributed by atoms with Crippen LogP contribution in [0.15, 0.2) is 28.9 Å². The lowest BCUT2D eigenvalue weighted by Crippen LogP contribution is -2.18. The van der Waals surface area contributed by atoms with Crippen molar-refractivity contribution < 1.29 is 17.9 Å². The molecule has 0 bridgehead atoms. The first-order chi connectivity index (χ1) is 9.33. The smallest absolute Gasteiger partial charge is 0.404 e. The average molecular weight is 388 g/mol. The van der Waals surface area contributed by atoms with Crippen LogP contribution in [0.5, 0.6) is 5.75 Å². The van der Waals surface area contributed by atoms with Crippen LogP contribution in [-0.4, -0.2) is 11.3 Å². The van der Waals surface area contributed by atoms with E-state index in [4.69, 9.17) is 11.6 Å². The molecule has 0 spiro atoms. The maximum absolute atomic E-state index is 12.3. The molecule has 0 saturated carbocycles. The highest BCUT2D eigenvalue weighted by molar-refractivity contribution is 9.10. The zero-order chi connectivity index (χ0) is 14.8. The van der Waals surface area contributed by atoms with Crippen LogP contribution in [0.25, 0.3) is 0 Å². The molecule has 2 aromatic rings. The van der Waals surface area contributed by atoms with Crippen LogP contribution in [0.2, 0.25) is 4.47 Å². The van der Waals surface area contributed by atoms with Gasteiger partial charge in [0.25, 0.3) is 0 Å². The molecule has 9 heteroatoms. The second-order valence-electron chi connectivity index (χ2n) is 3.62. The predicted octanol–water partition coefficient (Wildman–Crippen LogP) is 5.07. The molecule has 0 radical (unpaired) electrons. The van der Waals surface area contributed by atoms with E-state index in [1.165, 1.54) is 23.5 Å². The highest BCUT2D eigenvalue weighted by atomic mass is 79.9. The number of anilines is 1. The van der Waals surface area contributed by atoms with Crippen LogP contribution in [0, 0.1) is 0 Å². The first kappa shape index (κ1) is 15.4. The van der Waals surface area contributed by atoms with Gasteiger partial charge < -0.3 is 10.1 Å². The van der Waals surface area contributed by atoms with E-state index >= 15 is 0 Å². The molecule has 0 aliphatic heterocycles. The van der Waals surface area contributed by atoms with Gasteiger partial charge in [0.05, 0.1) is 12.2 Å². The van der Waals surface area contributed by atoms with Gasteiger partial charge in [-0.25, -0.2) is 4.98 Å². The molecule has 0 saturated heterocycles. The number of halogens is 5. The lowest BCUT2D eigenvalue weighted by atomic mass is 10.3. The van der Waals surface area contributed by atoms with Gasteiger partial charge >= 0.3 is 6.36 Å². The number of hydrogen-bond donors (Lipinski definition) is 1. The van der Waals surface area contributed by atoms with E-state index in [-0.39, 0.29) is 11.4 Å². The number of aromatic nitrogens is 1. The van der Waals surface area contributed by atoms with Crippen molar-refractivity contribution in [3.63, 3.8) is 0 Å². The second kappa shape index (κ2) is 6.19. The van der Waals surface area contributed by atoms with Gasteiger partial charge in [-0.3, -0.25) is 0 Å². The zero-order valence-electron chi connectivity index (χ0n) is 9.67. The summed E-state index contributed by atoms with van der Waals surface area (Å²) in [4.78, 5) is 4.65. The monoisotopic (exact) mass is 386 g/mol. The summed E-state index contributed by atoms with van der Waals surface area (Å²) in [7, 11) is 0. The Labute approximate surface area is 129 Å². The fraction of sp³-hybridized carbons (Fsp3) is 0.182. The molecule has 1 aromatic carbocycles. The van der Waals surface area contributed by atoms with Crippen LogP contribution >= 0.6 is 38.9 Å². The lowest BCUT2D eigenvalue weighted by Gasteiger charge is -2.14. The minimum Gasteiger partial charge on any atom is -0.404 e. The molecule has 2 rings (SSSR count). The van der Waals surface area contributed by atoms with Gasteiger partial charge in [0.15, 0.2) is 10.2 Å². The number of alkyl halides is 3. The highest BCUT2D eigenvalue weighted by Crippen LogP contribution is 2.33. The summed E-state index contributed by atoms with van der Waals surface area (Å²) in [5.41, 5.74) is 0.232. The van der Waals surface area contributed by atoms with Crippen LogP contribution < -0.4 is 10.1 Å². The van der Waals surface area contributed by atoms with Gasteiger partial charge in [-0.05, 0) is 18.2 Å². The van der Waals surface area contributed by atoms with Gasteiger partial charge in [-0.15, -0.1) is 24.5 Å². The first-order valence-electron chi connectivity index (χ1n) is 5.23. The summed E-state index contributed by atoms with van der Waals surface area (Å²) in [6, 6.07) is 4.36. The highest BCUT2D eigenvalue weighted by Gasteiger charge is 2.32. The van der Waals surface area contributed by atoms with Crippen molar-refractivity contribution in [1.29, 1.82) is 0 Å². The van der Waals surface area contributed by atoms with Crippen molar-refractivity contribution in [1.82, 2.24) is 4.98 Å². The van der Waals surface area contributed by atoms with E-state index < -0.39 is 6.36 Å². The standard InChI is InChI=1S/C11H7BrClF3N2OS/c12-6-1-2-8(9(3-6)19-11(14,15)16)17-4-7-5-18-10(13)20-7/h1-3,5,17H,4H2. The van der Waals surface area contributed by atoms with Gasteiger partial charge in [0.2, 0.25) is 0 Å². The van der Waals surface area contributed by atoms with Gasteiger partial charge in [0.1, 0.15) is 0 Å². The summed E-state index contributed by atoms with van der Waals surface area (Å²) >= 11 is 10.0. The van der Waals surface area contributed by atoms with Gasteiger partial charge in [-0.2, -0.15) is 0 Å². The molecule has 1 aromatic heterocycles. The quantitative estimate of drug-likeness (QED) is 0.795. The Bertz CT molecular complexity index is 606. The largest absolute Gasteiger partial charge is 0.573 e. The lowest BCUT2D eigenvalue weighted by molar-refractivity contribution is -0.274. The van der Waals surface area contributed by atoms with E-state index in [1.54, 1.807) is 12.3 Å². The molecular formula is C11H7BrClF3N2OS. The SMILES string of the molecule is FC(F)(F)Oc1cc(Br)ccc1NCc1cnc(Cl)s1. The molecule has 0 atom stereocenters. The molecule has 0 amide bonds. The Morgan fingerprint density at radius 2 is 2.15 bits per heavy atom. The van der Waals surface area contributed by atoms with Crippen molar-refractivity contribution in [3.05, 3.63) is 38.2 Å². The summed E-state index contributed by atoms with van der Waals surface area (Å²) in [6.45, 7) is 0.306. The van der Waals surface area contributed by atoms with E-state index in [9.17, 15) is 13.2 Å². The second-order valence-corrected chi connectivity index (χ2v) is 6.23. The maximum Gasteiger partial charge on any atom is 0.573 e. The molecule has 0 aliphatic rings. The molecule has 1 N–H and O–H groups in total. The number of nitrogens with zero attached hydrogens (tertiary/aromatic N) is 1. The minimum absolute atomic E-state index is 0.232. The average Bonchev–Trinajstić information content (AvgIpc) is 2.72. The Morgan fingerprint density at radius 3 is 2.75 bits per heavy atom. The third-order valence-corrected chi connectivity index (χ3v) is 3.76. The fourth-order valence-electron chi connectivity index (χ4n) is 1.40. The Hall–Kier alpha value is -0.990. The minimum atomic E-state index is -4.75. The molecule has 20 heavy (non-hydrogen) atoms. The van der Waals surface area contributed by atoms with E-state index in [1.807, 2.05) is 0 Å². The molecule has 1 heterocycles. The number of nitrogens with one attached hydrogen (secondary N) is 1. The molecule has 0 fully saturated rings. The summed E-state index contributed by atoms with van der Waals surface area (Å²) in [5, 5.41) is 2.86. The number of hydrogen-bond acceptors (Lipinski definition) is 4.